The van der Waals surface area contributed by atoms with E-state index in [4.69, 9.17) is 5.11 Å². The topological polar surface area (TPSA) is 78.4 Å². The van der Waals surface area contributed by atoms with Crippen molar-refractivity contribution in [3.8, 4) is 0 Å². The number of urea groups is 1. The number of rotatable bonds is 5. The van der Waals surface area contributed by atoms with Crippen LogP contribution in [0.15, 0.2) is 12.7 Å². The fourth-order valence-corrected chi connectivity index (χ4v) is 2.10. The number of carboxylic acids is 1. The number of hydrogen-bond donors (Lipinski definition) is 3. The number of nitrogens with one attached hydrogen (secondary N) is 2. The van der Waals surface area contributed by atoms with Crippen LogP contribution >= 0.6 is 0 Å². The first-order chi connectivity index (χ1) is 8.02. The third kappa shape index (κ3) is 4.46. The minimum Gasteiger partial charge on any atom is -0.481 e. The minimum absolute atomic E-state index is 0.0213. The van der Waals surface area contributed by atoms with E-state index in [1.165, 1.54) is 0 Å². The smallest absolute Gasteiger partial charge is 0.315 e. The summed E-state index contributed by atoms with van der Waals surface area (Å²) in [6.45, 7) is 5.50. The Balaban J connectivity index is 2.28. The van der Waals surface area contributed by atoms with E-state index in [1.54, 1.807) is 6.08 Å². The van der Waals surface area contributed by atoms with Crippen molar-refractivity contribution in [2.24, 2.45) is 5.92 Å². The molecule has 3 atom stereocenters. The standard InChI is InChI=1S/C12H20N2O3/c1-3-4-8(2)13-12(17)14-10-6-5-9(7-10)11(15)16/h3,8-10H,1,4-7H2,2H3,(H,15,16)(H2,13,14,17). The molecule has 0 radical (unpaired) electrons. The lowest BCUT2D eigenvalue weighted by atomic mass is 10.1. The van der Waals surface area contributed by atoms with Gasteiger partial charge in [-0.2, -0.15) is 0 Å². The number of carbonyl (C=O) groups is 2. The van der Waals surface area contributed by atoms with Gasteiger partial charge in [-0.15, -0.1) is 6.58 Å². The number of carbonyl (C=O) groups excluding carboxylic acids is 1. The second kappa shape index (κ2) is 6.27. The van der Waals surface area contributed by atoms with Gasteiger partial charge >= 0.3 is 12.0 Å². The van der Waals surface area contributed by atoms with Crippen LogP contribution in [0, 0.1) is 5.92 Å². The highest BCUT2D eigenvalue weighted by molar-refractivity contribution is 5.75. The van der Waals surface area contributed by atoms with Crippen LogP contribution in [-0.2, 0) is 4.79 Å². The van der Waals surface area contributed by atoms with Gasteiger partial charge in [0.05, 0.1) is 5.92 Å². The number of aliphatic carboxylic acids is 1. The quantitative estimate of drug-likeness (QED) is 0.637. The van der Waals surface area contributed by atoms with Crippen LogP contribution < -0.4 is 10.6 Å². The molecule has 1 rings (SSSR count). The Morgan fingerprint density at radius 1 is 1.53 bits per heavy atom. The second-order valence-corrected chi connectivity index (χ2v) is 4.59. The van der Waals surface area contributed by atoms with E-state index in [-0.39, 0.29) is 24.0 Å². The molecular weight excluding hydrogens is 220 g/mol. The van der Waals surface area contributed by atoms with Crippen LogP contribution in [0.1, 0.15) is 32.6 Å². The zero-order valence-corrected chi connectivity index (χ0v) is 10.1. The molecule has 0 bridgehead atoms. The Bertz CT molecular complexity index is 304. The van der Waals surface area contributed by atoms with Crippen LogP contribution in [-0.4, -0.2) is 29.2 Å². The molecule has 1 aliphatic carbocycles. The van der Waals surface area contributed by atoms with Gasteiger partial charge in [-0.1, -0.05) is 6.08 Å². The molecule has 0 spiro atoms. The summed E-state index contributed by atoms with van der Waals surface area (Å²) in [6, 6.07) is -0.202. The highest BCUT2D eigenvalue weighted by Crippen LogP contribution is 2.25. The van der Waals surface area contributed by atoms with Crippen LogP contribution in [0.5, 0.6) is 0 Å². The lowest BCUT2D eigenvalue weighted by molar-refractivity contribution is -0.141. The summed E-state index contributed by atoms with van der Waals surface area (Å²) in [5, 5.41) is 14.4. The summed E-state index contributed by atoms with van der Waals surface area (Å²) < 4.78 is 0. The fourth-order valence-electron chi connectivity index (χ4n) is 2.10. The first-order valence-electron chi connectivity index (χ1n) is 5.93. The molecule has 1 fully saturated rings. The molecule has 0 aromatic heterocycles. The van der Waals surface area contributed by atoms with E-state index >= 15 is 0 Å². The normalized spacial score (nSPS) is 25.0. The summed E-state index contributed by atoms with van der Waals surface area (Å²) in [7, 11) is 0. The van der Waals surface area contributed by atoms with Crippen molar-refractivity contribution in [1.82, 2.24) is 10.6 Å². The Labute approximate surface area is 101 Å². The Kier molecular flexibility index (Phi) is 5.00. The van der Waals surface area contributed by atoms with Gasteiger partial charge in [0, 0.05) is 12.1 Å². The Morgan fingerprint density at radius 3 is 2.76 bits per heavy atom. The van der Waals surface area contributed by atoms with Crippen LogP contribution in [0.25, 0.3) is 0 Å². The van der Waals surface area contributed by atoms with Crippen molar-refractivity contribution in [2.45, 2.75) is 44.7 Å². The van der Waals surface area contributed by atoms with E-state index in [9.17, 15) is 9.59 Å². The summed E-state index contributed by atoms with van der Waals surface area (Å²) >= 11 is 0. The molecule has 17 heavy (non-hydrogen) atoms. The molecule has 5 heteroatoms. The molecule has 3 unspecified atom stereocenters. The Hall–Kier alpha value is -1.52. The van der Waals surface area contributed by atoms with E-state index in [0.717, 1.165) is 12.8 Å². The van der Waals surface area contributed by atoms with Crippen molar-refractivity contribution in [2.75, 3.05) is 0 Å². The molecule has 0 heterocycles. The van der Waals surface area contributed by atoms with Gasteiger partial charge in [0.1, 0.15) is 0 Å². The SMILES string of the molecule is C=CCC(C)NC(=O)NC1CCC(C(=O)O)C1. The average molecular weight is 240 g/mol. The van der Waals surface area contributed by atoms with E-state index in [1.807, 2.05) is 6.92 Å². The summed E-state index contributed by atoms with van der Waals surface area (Å²) in [5.41, 5.74) is 0. The monoisotopic (exact) mass is 240 g/mol. The van der Waals surface area contributed by atoms with Crippen LogP contribution in [0.2, 0.25) is 0 Å². The fraction of sp³-hybridized carbons (Fsp3) is 0.667. The Morgan fingerprint density at radius 2 is 2.24 bits per heavy atom. The molecule has 2 amide bonds. The molecule has 5 nitrogen and oxygen atoms in total. The molecule has 0 aromatic carbocycles. The first kappa shape index (κ1) is 13.5. The maximum Gasteiger partial charge on any atom is 0.315 e. The van der Waals surface area contributed by atoms with E-state index in [2.05, 4.69) is 17.2 Å². The molecule has 0 aromatic rings. The van der Waals surface area contributed by atoms with E-state index in [0.29, 0.717) is 12.8 Å². The van der Waals surface area contributed by atoms with Crippen molar-refractivity contribution in [1.29, 1.82) is 0 Å². The lowest BCUT2D eigenvalue weighted by Gasteiger charge is -2.16. The summed E-state index contributed by atoms with van der Waals surface area (Å²) in [6.07, 6.45) is 4.37. The molecule has 96 valence electrons. The zero-order valence-electron chi connectivity index (χ0n) is 10.1. The van der Waals surface area contributed by atoms with Gasteiger partial charge in [0.2, 0.25) is 0 Å². The van der Waals surface area contributed by atoms with Crippen molar-refractivity contribution < 1.29 is 14.7 Å². The predicted molar refractivity (Wildman–Crippen MR) is 64.7 cm³/mol. The molecule has 3 N–H and O–H groups in total. The third-order valence-electron chi connectivity index (χ3n) is 3.01. The molecule has 1 saturated carbocycles. The highest BCUT2D eigenvalue weighted by atomic mass is 16.4. The van der Waals surface area contributed by atoms with Crippen LogP contribution in [0.4, 0.5) is 4.79 Å². The molecule has 0 aliphatic heterocycles. The summed E-state index contributed by atoms with van der Waals surface area (Å²) in [5.74, 6) is -1.08. The van der Waals surface area contributed by atoms with E-state index < -0.39 is 5.97 Å². The third-order valence-corrected chi connectivity index (χ3v) is 3.01. The minimum atomic E-state index is -0.769. The highest BCUT2D eigenvalue weighted by Gasteiger charge is 2.30. The average Bonchev–Trinajstić information content (AvgIpc) is 2.66. The molecule has 0 saturated heterocycles. The number of amides is 2. The van der Waals surface area contributed by atoms with Crippen LogP contribution in [0.3, 0.4) is 0 Å². The maximum atomic E-state index is 11.6. The van der Waals surface area contributed by atoms with Gasteiger partial charge in [0.25, 0.3) is 0 Å². The lowest BCUT2D eigenvalue weighted by Crippen LogP contribution is -2.44. The van der Waals surface area contributed by atoms with Crippen molar-refractivity contribution >= 4 is 12.0 Å². The maximum absolute atomic E-state index is 11.6. The molecule has 1 aliphatic rings. The summed E-state index contributed by atoms with van der Waals surface area (Å²) in [4.78, 5) is 22.3. The van der Waals surface area contributed by atoms with Crippen molar-refractivity contribution in [3.05, 3.63) is 12.7 Å². The van der Waals surface area contributed by atoms with Gasteiger partial charge < -0.3 is 15.7 Å². The van der Waals surface area contributed by atoms with Crippen molar-refractivity contribution in [3.63, 3.8) is 0 Å². The van der Waals surface area contributed by atoms with Gasteiger partial charge in [0.15, 0.2) is 0 Å². The number of hydrogen-bond acceptors (Lipinski definition) is 2. The largest absolute Gasteiger partial charge is 0.481 e. The first-order valence-corrected chi connectivity index (χ1v) is 5.93. The molecular formula is C12H20N2O3. The zero-order chi connectivity index (χ0) is 12.8. The number of carboxylic acid groups (broad SMARTS) is 1. The van der Waals surface area contributed by atoms with Gasteiger partial charge in [-0.05, 0) is 32.6 Å². The van der Waals surface area contributed by atoms with Gasteiger partial charge in [-0.3, -0.25) is 4.79 Å². The predicted octanol–water partition coefficient (Wildman–Crippen LogP) is 1.50. The second-order valence-electron chi connectivity index (χ2n) is 4.59. The van der Waals surface area contributed by atoms with Gasteiger partial charge in [-0.25, -0.2) is 4.79 Å².